The molecule has 1 aromatic rings. The van der Waals surface area contributed by atoms with E-state index in [0.29, 0.717) is 19.6 Å². The van der Waals surface area contributed by atoms with Crippen LogP contribution in [0.25, 0.3) is 0 Å². The molecule has 0 bridgehead atoms. The van der Waals surface area contributed by atoms with Crippen LogP contribution in [0.1, 0.15) is 5.56 Å². The molecule has 0 saturated carbocycles. The number of ether oxygens (including phenoxy) is 1. The smallest absolute Gasteiger partial charge is 0.241 e. The summed E-state index contributed by atoms with van der Waals surface area (Å²) < 4.78 is 5.00. The van der Waals surface area contributed by atoms with E-state index in [4.69, 9.17) is 10.5 Å². The fraction of sp³-hybridized carbons (Fsp3) is 0.500. The van der Waals surface area contributed by atoms with Crippen LogP contribution in [0.5, 0.6) is 0 Å². The van der Waals surface area contributed by atoms with E-state index in [-0.39, 0.29) is 18.4 Å². The molecule has 22 heavy (non-hydrogen) atoms. The van der Waals surface area contributed by atoms with Gasteiger partial charge in [-0.2, -0.15) is 0 Å². The van der Waals surface area contributed by atoms with Gasteiger partial charge in [-0.05, 0) is 12.0 Å². The number of likely N-dealkylation sites (N-methyl/N-ethyl adjacent to an activating group) is 1. The second-order valence-corrected chi connectivity index (χ2v) is 5.34. The highest BCUT2D eigenvalue weighted by molar-refractivity contribution is 5.87. The third kappa shape index (κ3) is 5.83. The summed E-state index contributed by atoms with van der Waals surface area (Å²) in [6, 6.07) is 8.91. The lowest BCUT2D eigenvalue weighted by atomic mass is 10.1. The fourth-order valence-electron chi connectivity index (χ4n) is 1.96. The summed E-state index contributed by atoms with van der Waals surface area (Å²) in [7, 11) is 4.87. The summed E-state index contributed by atoms with van der Waals surface area (Å²) in [6.45, 7) is 0.722. The molecule has 1 atom stereocenters. The van der Waals surface area contributed by atoms with Gasteiger partial charge in [-0.15, -0.1) is 0 Å². The summed E-state index contributed by atoms with van der Waals surface area (Å²) in [5, 5.41) is 0. The average Bonchev–Trinajstić information content (AvgIpc) is 2.51. The molecule has 2 N–H and O–H groups in total. The first-order valence-electron chi connectivity index (χ1n) is 7.23. The summed E-state index contributed by atoms with van der Waals surface area (Å²) >= 11 is 0. The maximum Gasteiger partial charge on any atom is 0.241 e. The lowest BCUT2D eigenvalue weighted by molar-refractivity contribution is -0.140. The molecule has 0 saturated heterocycles. The lowest BCUT2D eigenvalue weighted by Crippen LogP contribution is -2.49. The zero-order valence-electron chi connectivity index (χ0n) is 13.5. The van der Waals surface area contributed by atoms with Crippen molar-refractivity contribution in [2.75, 3.05) is 40.9 Å². The van der Waals surface area contributed by atoms with Crippen molar-refractivity contribution in [3.63, 3.8) is 0 Å². The maximum absolute atomic E-state index is 12.5. The largest absolute Gasteiger partial charge is 0.383 e. The van der Waals surface area contributed by atoms with Gasteiger partial charge in [-0.3, -0.25) is 9.59 Å². The molecule has 6 nitrogen and oxygen atoms in total. The fourth-order valence-corrected chi connectivity index (χ4v) is 1.96. The number of rotatable bonds is 8. The van der Waals surface area contributed by atoms with E-state index in [1.165, 1.54) is 9.80 Å². The van der Waals surface area contributed by atoms with E-state index in [1.807, 2.05) is 30.3 Å². The van der Waals surface area contributed by atoms with Crippen molar-refractivity contribution in [2.45, 2.75) is 12.5 Å². The van der Waals surface area contributed by atoms with Crippen LogP contribution in [0.4, 0.5) is 0 Å². The maximum atomic E-state index is 12.5. The number of methoxy groups -OCH3 is 1. The summed E-state index contributed by atoms with van der Waals surface area (Å²) in [4.78, 5) is 27.3. The van der Waals surface area contributed by atoms with Crippen molar-refractivity contribution in [3.8, 4) is 0 Å². The van der Waals surface area contributed by atoms with Gasteiger partial charge in [0.25, 0.3) is 0 Å². The van der Waals surface area contributed by atoms with Crippen molar-refractivity contribution in [2.24, 2.45) is 5.73 Å². The lowest BCUT2D eigenvalue weighted by Gasteiger charge is -2.26. The first-order valence-corrected chi connectivity index (χ1v) is 7.23. The molecule has 122 valence electrons. The van der Waals surface area contributed by atoms with E-state index in [1.54, 1.807) is 21.2 Å². The van der Waals surface area contributed by atoms with Crippen LogP contribution in [0.3, 0.4) is 0 Å². The highest BCUT2D eigenvalue weighted by Crippen LogP contribution is 2.05. The van der Waals surface area contributed by atoms with E-state index in [0.717, 1.165) is 5.56 Å². The van der Waals surface area contributed by atoms with Crippen LogP contribution in [-0.2, 0) is 20.7 Å². The minimum Gasteiger partial charge on any atom is -0.383 e. The predicted octanol–water partition coefficient (Wildman–Crippen LogP) is 0.120. The SMILES string of the molecule is COCCN(CC(=O)N(C)C)C(=O)[C@@H](N)Cc1ccccc1. The Bertz CT molecular complexity index is 477. The Morgan fingerprint density at radius 3 is 2.41 bits per heavy atom. The number of carbonyl (C=O) groups excluding carboxylic acids is 2. The molecule has 0 spiro atoms. The molecule has 0 aliphatic rings. The Morgan fingerprint density at radius 2 is 1.86 bits per heavy atom. The van der Waals surface area contributed by atoms with Crippen LogP contribution >= 0.6 is 0 Å². The number of amides is 2. The van der Waals surface area contributed by atoms with Gasteiger partial charge in [0.2, 0.25) is 11.8 Å². The molecule has 6 heteroatoms. The number of hydrogen-bond acceptors (Lipinski definition) is 4. The molecule has 0 heterocycles. The van der Waals surface area contributed by atoms with Gasteiger partial charge in [-0.1, -0.05) is 30.3 Å². The molecule has 0 fully saturated rings. The average molecular weight is 307 g/mol. The second-order valence-electron chi connectivity index (χ2n) is 5.34. The first-order chi connectivity index (χ1) is 10.5. The van der Waals surface area contributed by atoms with Crippen molar-refractivity contribution in [3.05, 3.63) is 35.9 Å². The standard InChI is InChI=1S/C16H25N3O3/c1-18(2)15(20)12-19(9-10-22-3)16(21)14(17)11-13-7-5-4-6-8-13/h4-8,14H,9-12,17H2,1-3H3/t14-/m0/s1. The normalized spacial score (nSPS) is 11.8. The third-order valence-corrected chi connectivity index (χ3v) is 3.32. The van der Waals surface area contributed by atoms with Gasteiger partial charge in [0.05, 0.1) is 19.2 Å². The highest BCUT2D eigenvalue weighted by atomic mass is 16.5. The Kier molecular flexibility index (Phi) is 7.56. The zero-order valence-corrected chi connectivity index (χ0v) is 13.5. The number of hydrogen-bond donors (Lipinski definition) is 1. The molecule has 0 radical (unpaired) electrons. The minimum absolute atomic E-state index is 0.0116. The predicted molar refractivity (Wildman–Crippen MR) is 85.3 cm³/mol. The van der Waals surface area contributed by atoms with E-state index >= 15 is 0 Å². The van der Waals surface area contributed by atoms with E-state index < -0.39 is 6.04 Å². The molecular weight excluding hydrogens is 282 g/mol. The van der Waals surface area contributed by atoms with E-state index in [2.05, 4.69) is 0 Å². The number of nitrogens with two attached hydrogens (primary N) is 1. The van der Waals surface area contributed by atoms with Gasteiger partial charge >= 0.3 is 0 Å². The second kappa shape index (κ2) is 9.17. The molecule has 1 rings (SSSR count). The quantitative estimate of drug-likeness (QED) is 0.740. The Morgan fingerprint density at radius 1 is 1.23 bits per heavy atom. The zero-order chi connectivity index (χ0) is 16.5. The number of carbonyl (C=O) groups is 2. The molecule has 0 aliphatic heterocycles. The molecule has 0 aliphatic carbocycles. The highest BCUT2D eigenvalue weighted by Gasteiger charge is 2.23. The van der Waals surface area contributed by atoms with E-state index in [9.17, 15) is 9.59 Å². The first kappa shape index (κ1) is 18.1. The van der Waals surface area contributed by atoms with Crippen LogP contribution in [0, 0.1) is 0 Å². The van der Waals surface area contributed by atoms with Gasteiger partial charge in [0, 0.05) is 27.7 Å². The van der Waals surface area contributed by atoms with Gasteiger partial charge in [0.15, 0.2) is 0 Å². The van der Waals surface area contributed by atoms with Crippen molar-refractivity contribution in [1.29, 1.82) is 0 Å². The summed E-state index contributed by atoms with van der Waals surface area (Å²) in [5.74, 6) is -0.382. The van der Waals surface area contributed by atoms with Crippen LogP contribution in [-0.4, -0.2) is 68.6 Å². The summed E-state index contributed by atoms with van der Waals surface area (Å²) in [6.07, 6.45) is 0.444. The monoisotopic (exact) mass is 307 g/mol. The van der Waals surface area contributed by atoms with Gasteiger partial charge in [-0.25, -0.2) is 0 Å². The minimum atomic E-state index is -0.672. The Balaban J connectivity index is 2.70. The molecule has 0 unspecified atom stereocenters. The Hall–Kier alpha value is -1.92. The topological polar surface area (TPSA) is 75.9 Å². The van der Waals surface area contributed by atoms with Gasteiger partial charge in [0.1, 0.15) is 0 Å². The van der Waals surface area contributed by atoms with Gasteiger partial charge < -0.3 is 20.3 Å². The molecular formula is C16H25N3O3. The van der Waals surface area contributed by atoms with Crippen LogP contribution in [0.15, 0.2) is 30.3 Å². The Labute approximate surface area is 131 Å². The van der Waals surface area contributed by atoms with Crippen LogP contribution < -0.4 is 5.73 Å². The van der Waals surface area contributed by atoms with Crippen molar-refractivity contribution < 1.29 is 14.3 Å². The number of benzene rings is 1. The third-order valence-electron chi connectivity index (χ3n) is 3.32. The van der Waals surface area contributed by atoms with Crippen molar-refractivity contribution in [1.82, 2.24) is 9.80 Å². The molecule has 2 amide bonds. The number of nitrogens with zero attached hydrogens (tertiary/aromatic N) is 2. The van der Waals surface area contributed by atoms with Crippen LogP contribution in [0.2, 0.25) is 0 Å². The summed E-state index contributed by atoms with van der Waals surface area (Å²) in [5.41, 5.74) is 7.01. The molecule has 1 aromatic carbocycles. The van der Waals surface area contributed by atoms with Crippen molar-refractivity contribution >= 4 is 11.8 Å². The molecule has 0 aromatic heterocycles.